The lowest BCUT2D eigenvalue weighted by atomic mass is 10.2. The van der Waals surface area contributed by atoms with Gasteiger partial charge in [-0.05, 0) is 60.6 Å². The van der Waals surface area contributed by atoms with Crippen LogP contribution >= 0.6 is 39.9 Å². The number of ether oxygens (including phenoxy) is 1. The first-order valence-corrected chi connectivity index (χ1v) is 10.7. The Morgan fingerprint density at radius 3 is 3.00 bits per heavy atom. The number of halogens is 1. The molecule has 2 amide bonds. The highest BCUT2D eigenvalue weighted by molar-refractivity contribution is 9.10. The molecule has 0 saturated carbocycles. The number of carbonyl (C=O) groups is 2. The maximum absolute atomic E-state index is 12.5. The predicted octanol–water partition coefficient (Wildman–Crippen LogP) is 3.13. The van der Waals surface area contributed by atoms with Crippen LogP contribution in [0.5, 0.6) is 0 Å². The molecule has 2 aliphatic heterocycles. The summed E-state index contributed by atoms with van der Waals surface area (Å²) in [6.07, 6.45) is 4.06. The van der Waals surface area contributed by atoms with Crippen LogP contribution in [-0.2, 0) is 9.53 Å². The van der Waals surface area contributed by atoms with Crippen molar-refractivity contribution in [2.24, 2.45) is 0 Å². The summed E-state index contributed by atoms with van der Waals surface area (Å²) in [6.45, 7) is 2.14. The van der Waals surface area contributed by atoms with Gasteiger partial charge in [0.2, 0.25) is 0 Å². The number of rotatable bonds is 6. The number of nitrogens with one attached hydrogen (secondary N) is 2. The van der Waals surface area contributed by atoms with Crippen molar-refractivity contribution < 1.29 is 14.3 Å². The number of amides is 2. The smallest absolute Gasteiger partial charge is 0.293 e. The third kappa shape index (κ3) is 5.78. The first-order valence-electron chi connectivity index (χ1n) is 8.67. The third-order valence-electron chi connectivity index (χ3n) is 4.16. The van der Waals surface area contributed by atoms with Gasteiger partial charge in [-0.2, -0.15) is 0 Å². The van der Waals surface area contributed by atoms with Crippen molar-refractivity contribution in [2.45, 2.75) is 18.9 Å². The summed E-state index contributed by atoms with van der Waals surface area (Å²) < 4.78 is 6.45. The average molecular weight is 470 g/mol. The van der Waals surface area contributed by atoms with Crippen LogP contribution in [0.2, 0.25) is 0 Å². The maximum atomic E-state index is 12.5. The first kappa shape index (κ1) is 20.3. The second kappa shape index (κ2) is 9.68. The zero-order valence-corrected chi connectivity index (χ0v) is 17.8. The highest BCUT2D eigenvalue weighted by Crippen LogP contribution is 2.32. The van der Waals surface area contributed by atoms with Gasteiger partial charge in [-0.3, -0.25) is 14.5 Å². The van der Waals surface area contributed by atoms with Gasteiger partial charge in [0.25, 0.3) is 11.1 Å². The number of thioether (sulfide) groups is 1. The van der Waals surface area contributed by atoms with Gasteiger partial charge in [0.1, 0.15) is 0 Å². The molecule has 0 aromatic heterocycles. The highest BCUT2D eigenvalue weighted by atomic mass is 79.9. The van der Waals surface area contributed by atoms with Crippen LogP contribution in [0.25, 0.3) is 6.08 Å². The summed E-state index contributed by atoms with van der Waals surface area (Å²) in [5, 5.41) is 6.37. The van der Waals surface area contributed by atoms with Crippen molar-refractivity contribution in [1.82, 2.24) is 15.5 Å². The molecule has 2 aliphatic rings. The summed E-state index contributed by atoms with van der Waals surface area (Å²) in [5.74, 6) is -0.273. The van der Waals surface area contributed by atoms with E-state index in [1.165, 1.54) is 4.90 Å². The van der Waals surface area contributed by atoms with Gasteiger partial charge in [-0.1, -0.05) is 28.1 Å². The molecule has 0 radical (unpaired) electrons. The number of thiocarbonyl (C=S) groups is 1. The number of hydrogen-bond acceptors (Lipinski definition) is 5. The minimum absolute atomic E-state index is 0.202. The Bertz CT molecular complexity index is 766. The van der Waals surface area contributed by atoms with Crippen molar-refractivity contribution in [1.29, 1.82) is 0 Å². The van der Waals surface area contributed by atoms with Crippen LogP contribution in [0.15, 0.2) is 33.6 Å². The van der Waals surface area contributed by atoms with E-state index in [4.69, 9.17) is 17.0 Å². The highest BCUT2D eigenvalue weighted by Gasteiger charge is 2.34. The summed E-state index contributed by atoms with van der Waals surface area (Å²) in [7, 11) is 0. The SMILES string of the molecule is O=C1S/C(=C/c2cccc(Br)c2)C(=O)N1CCNC(=S)NCC1CCCO1. The van der Waals surface area contributed by atoms with E-state index in [0.29, 0.717) is 23.1 Å². The Hall–Kier alpha value is -1.42. The van der Waals surface area contributed by atoms with Crippen LogP contribution in [0.3, 0.4) is 0 Å². The van der Waals surface area contributed by atoms with Crippen molar-refractivity contribution in [2.75, 3.05) is 26.2 Å². The minimum Gasteiger partial charge on any atom is -0.376 e. The molecule has 2 saturated heterocycles. The standard InChI is InChI=1S/C18H20BrN3O3S2/c19-13-4-1-3-12(9-13)10-15-16(23)22(18(24)27-15)7-6-20-17(26)21-11-14-5-2-8-25-14/h1,3-4,9-10,14H,2,5-8,11H2,(H2,20,21,26)/b15-10+. The Kier molecular flexibility index (Phi) is 7.28. The molecule has 144 valence electrons. The first-order chi connectivity index (χ1) is 13.0. The summed E-state index contributed by atoms with van der Waals surface area (Å²) >= 11 is 9.58. The van der Waals surface area contributed by atoms with Crippen LogP contribution in [0.1, 0.15) is 18.4 Å². The molecular weight excluding hydrogens is 450 g/mol. The van der Waals surface area contributed by atoms with Gasteiger partial charge in [0.05, 0.1) is 11.0 Å². The molecule has 2 N–H and O–H groups in total. The number of imide groups is 1. The van der Waals surface area contributed by atoms with E-state index < -0.39 is 0 Å². The quantitative estimate of drug-likeness (QED) is 0.489. The number of carbonyl (C=O) groups excluding carboxylic acids is 2. The molecular formula is C18H20BrN3O3S2. The molecule has 1 unspecified atom stereocenters. The van der Waals surface area contributed by atoms with Crippen molar-refractivity contribution in [3.05, 3.63) is 39.2 Å². The Morgan fingerprint density at radius 1 is 1.41 bits per heavy atom. The van der Waals surface area contributed by atoms with Gasteiger partial charge < -0.3 is 15.4 Å². The molecule has 0 spiro atoms. The lowest BCUT2D eigenvalue weighted by Crippen LogP contribution is -2.43. The second-order valence-corrected chi connectivity index (χ2v) is 8.48. The molecule has 6 nitrogen and oxygen atoms in total. The van der Waals surface area contributed by atoms with Gasteiger partial charge >= 0.3 is 0 Å². The normalized spacial score (nSPS) is 21.1. The van der Waals surface area contributed by atoms with Crippen molar-refractivity contribution in [3.63, 3.8) is 0 Å². The molecule has 0 aliphatic carbocycles. The Morgan fingerprint density at radius 2 is 2.26 bits per heavy atom. The van der Waals surface area contributed by atoms with Crippen molar-refractivity contribution >= 4 is 62.2 Å². The zero-order chi connectivity index (χ0) is 19.2. The molecule has 1 atom stereocenters. The average Bonchev–Trinajstić information content (AvgIpc) is 3.24. The molecule has 1 aromatic rings. The summed E-state index contributed by atoms with van der Waals surface area (Å²) in [4.78, 5) is 26.3. The molecule has 0 bridgehead atoms. The largest absolute Gasteiger partial charge is 0.376 e. The van der Waals surface area contributed by atoms with Crippen LogP contribution in [0.4, 0.5) is 4.79 Å². The lowest BCUT2D eigenvalue weighted by molar-refractivity contribution is -0.122. The Labute approximate surface area is 176 Å². The molecule has 2 heterocycles. The zero-order valence-electron chi connectivity index (χ0n) is 14.6. The van der Waals surface area contributed by atoms with Gasteiger partial charge in [0, 0.05) is 30.7 Å². The van der Waals surface area contributed by atoms with E-state index in [1.807, 2.05) is 24.3 Å². The molecule has 27 heavy (non-hydrogen) atoms. The number of benzene rings is 1. The van der Waals surface area contributed by atoms with E-state index >= 15 is 0 Å². The van der Waals surface area contributed by atoms with Crippen LogP contribution in [-0.4, -0.2) is 53.5 Å². The second-order valence-electron chi connectivity index (χ2n) is 6.16. The van der Waals surface area contributed by atoms with E-state index in [-0.39, 0.29) is 23.8 Å². The lowest BCUT2D eigenvalue weighted by Gasteiger charge is -2.16. The molecule has 9 heteroatoms. The van der Waals surface area contributed by atoms with Gasteiger partial charge in [0.15, 0.2) is 5.11 Å². The van der Waals surface area contributed by atoms with Crippen LogP contribution in [0, 0.1) is 0 Å². The predicted molar refractivity (Wildman–Crippen MR) is 114 cm³/mol. The molecule has 3 rings (SSSR count). The number of hydrogen-bond donors (Lipinski definition) is 2. The van der Waals surface area contributed by atoms with Gasteiger partial charge in [-0.25, -0.2) is 0 Å². The number of nitrogens with zero attached hydrogens (tertiary/aromatic N) is 1. The van der Waals surface area contributed by atoms with E-state index in [0.717, 1.165) is 41.2 Å². The maximum Gasteiger partial charge on any atom is 0.293 e. The van der Waals surface area contributed by atoms with Crippen molar-refractivity contribution in [3.8, 4) is 0 Å². The Balaban J connectivity index is 1.46. The minimum atomic E-state index is -0.273. The fourth-order valence-electron chi connectivity index (χ4n) is 2.80. The molecule has 2 fully saturated rings. The fourth-order valence-corrected chi connectivity index (χ4v) is 4.26. The van der Waals surface area contributed by atoms with Gasteiger partial charge in [-0.15, -0.1) is 0 Å². The van der Waals surface area contributed by atoms with E-state index in [1.54, 1.807) is 6.08 Å². The summed E-state index contributed by atoms with van der Waals surface area (Å²) in [5.41, 5.74) is 0.868. The van der Waals surface area contributed by atoms with E-state index in [9.17, 15) is 9.59 Å². The van der Waals surface area contributed by atoms with E-state index in [2.05, 4.69) is 26.6 Å². The summed E-state index contributed by atoms with van der Waals surface area (Å²) in [6, 6.07) is 7.57. The topological polar surface area (TPSA) is 70.7 Å². The molecule has 1 aromatic carbocycles. The fraction of sp³-hybridized carbons (Fsp3) is 0.389. The van der Waals surface area contributed by atoms with Crippen LogP contribution < -0.4 is 10.6 Å². The monoisotopic (exact) mass is 469 g/mol. The third-order valence-corrected chi connectivity index (χ3v) is 5.84.